The van der Waals surface area contributed by atoms with Crippen LogP contribution in [0, 0.1) is 0 Å². The number of amides is 2. The molecule has 0 aliphatic carbocycles. The van der Waals surface area contributed by atoms with E-state index in [1.165, 1.54) is 24.0 Å². The van der Waals surface area contributed by atoms with Gasteiger partial charge in [-0.1, -0.05) is 59.6 Å². The molecule has 0 spiro atoms. The van der Waals surface area contributed by atoms with Gasteiger partial charge in [0.2, 0.25) is 5.91 Å². The van der Waals surface area contributed by atoms with E-state index in [-0.39, 0.29) is 24.9 Å². The van der Waals surface area contributed by atoms with Crippen LogP contribution in [0.1, 0.15) is 27.3 Å². The second-order valence-corrected chi connectivity index (χ2v) is 10.9. The van der Waals surface area contributed by atoms with Gasteiger partial charge in [0.05, 0.1) is 27.9 Å². The molecule has 222 valence electrons. The first-order chi connectivity index (χ1) is 20.9. The molecule has 0 aliphatic heterocycles. The minimum absolute atomic E-state index is 0.230. The fraction of sp³-hybridized carbons (Fsp3) is 0.161. The molecule has 4 aromatic rings. The summed E-state index contributed by atoms with van der Waals surface area (Å²) in [7, 11) is 0. The van der Waals surface area contributed by atoms with E-state index in [1.807, 2.05) is 42.5 Å². The average Bonchev–Trinajstić information content (AvgIpc) is 3.03. The summed E-state index contributed by atoms with van der Waals surface area (Å²) in [6.45, 7) is 0.912. The predicted octanol–water partition coefficient (Wildman–Crippen LogP) is 5.54. The Morgan fingerprint density at radius 1 is 0.930 bits per heavy atom. The normalized spacial score (nSPS) is 10.9. The van der Waals surface area contributed by atoms with E-state index >= 15 is 0 Å². The smallest absolute Gasteiger partial charge is 0.252 e. The lowest BCUT2D eigenvalue weighted by Gasteiger charge is -2.11. The van der Waals surface area contributed by atoms with Crippen LogP contribution < -0.4 is 26.6 Å². The minimum atomic E-state index is -0.339. The van der Waals surface area contributed by atoms with Crippen LogP contribution in [-0.4, -0.2) is 41.5 Å². The zero-order valence-corrected chi connectivity index (χ0v) is 25.4. The number of nitrogens with one attached hydrogen (secondary N) is 3. The van der Waals surface area contributed by atoms with Gasteiger partial charge in [-0.2, -0.15) is 0 Å². The summed E-state index contributed by atoms with van der Waals surface area (Å²) in [5.41, 5.74) is 5.22. The number of nitrogen functional groups attached to an aromatic ring is 1. The van der Waals surface area contributed by atoms with Crippen LogP contribution in [0.2, 0.25) is 10.0 Å². The number of nitrogens with zero attached hydrogens (tertiary/aromatic N) is 2. The minimum Gasteiger partial charge on any atom is -0.491 e. The Bertz CT molecular complexity index is 1540. The lowest BCUT2D eigenvalue weighted by atomic mass is 10.2. The quantitative estimate of drug-likeness (QED) is 0.0466. The third-order valence-corrected chi connectivity index (χ3v) is 8.02. The number of halogens is 2. The Labute approximate surface area is 264 Å². The number of carbonyl (C=O) groups is 2. The summed E-state index contributed by atoms with van der Waals surface area (Å²) >= 11 is 14.1. The van der Waals surface area contributed by atoms with Gasteiger partial charge in [-0.15, -0.1) is 11.8 Å². The second-order valence-electron chi connectivity index (χ2n) is 9.07. The molecular formula is C31H30Cl2N6O3S. The summed E-state index contributed by atoms with van der Waals surface area (Å²) in [5.74, 6) is 6.16. The van der Waals surface area contributed by atoms with E-state index in [2.05, 4.69) is 21.0 Å². The fourth-order valence-electron chi connectivity index (χ4n) is 3.81. The molecule has 0 aliphatic rings. The zero-order valence-electron chi connectivity index (χ0n) is 23.1. The number of thioether (sulfide) groups is 1. The standard InChI is InChI=1S/C31H30Cl2N6O3S/c32-24-7-4-8-25(33)30(24)43-20-23-10-12-27(42-18-15-21-5-2-1-3-6-21)26(38-23)11-14-29(40)35-16-17-36-31(41)22-9-13-28(39-34)37-19-22/h1-14,19H,15-18,20,34H2,(H,35,40)(H,36,41)(H,37,39). The highest BCUT2D eigenvalue weighted by atomic mass is 35.5. The molecule has 2 aromatic heterocycles. The molecule has 12 heteroatoms. The summed E-state index contributed by atoms with van der Waals surface area (Å²) in [4.78, 5) is 34.3. The Hall–Kier alpha value is -4.09. The van der Waals surface area contributed by atoms with Crippen LogP contribution in [0.15, 0.2) is 90.0 Å². The summed E-state index contributed by atoms with van der Waals surface area (Å²) in [5, 5.41) is 6.63. The molecule has 2 aromatic carbocycles. The van der Waals surface area contributed by atoms with E-state index in [9.17, 15) is 9.59 Å². The van der Waals surface area contributed by atoms with E-state index < -0.39 is 0 Å². The number of hydrogen-bond acceptors (Lipinski definition) is 8. The Kier molecular flexibility index (Phi) is 12.2. The molecule has 0 atom stereocenters. The van der Waals surface area contributed by atoms with Gasteiger partial charge < -0.3 is 20.8 Å². The molecule has 9 nitrogen and oxygen atoms in total. The van der Waals surface area contributed by atoms with Gasteiger partial charge >= 0.3 is 0 Å². The van der Waals surface area contributed by atoms with E-state index in [1.54, 1.807) is 36.4 Å². The van der Waals surface area contributed by atoms with Crippen LogP contribution in [-0.2, 0) is 17.0 Å². The summed E-state index contributed by atoms with van der Waals surface area (Å²) < 4.78 is 6.05. The number of ether oxygens (including phenoxy) is 1. The number of aromatic nitrogens is 2. The maximum Gasteiger partial charge on any atom is 0.252 e. The Morgan fingerprint density at radius 3 is 2.42 bits per heavy atom. The van der Waals surface area contributed by atoms with Crippen molar-refractivity contribution in [1.29, 1.82) is 0 Å². The number of carbonyl (C=O) groups excluding carboxylic acids is 2. The fourth-order valence-corrected chi connectivity index (χ4v) is 5.40. The monoisotopic (exact) mass is 636 g/mol. The molecule has 0 saturated carbocycles. The van der Waals surface area contributed by atoms with Crippen molar-refractivity contribution < 1.29 is 14.3 Å². The summed E-state index contributed by atoms with van der Waals surface area (Å²) in [6, 6.07) is 22.3. The molecule has 0 fully saturated rings. The van der Waals surface area contributed by atoms with Crippen LogP contribution >= 0.6 is 35.0 Å². The molecule has 2 heterocycles. The van der Waals surface area contributed by atoms with Crippen molar-refractivity contribution in [2.45, 2.75) is 17.1 Å². The lowest BCUT2D eigenvalue weighted by molar-refractivity contribution is -0.116. The lowest BCUT2D eigenvalue weighted by Crippen LogP contribution is -2.34. The first-order valence-corrected chi connectivity index (χ1v) is 15.1. The number of pyridine rings is 2. The van der Waals surface area contributed by atoms with Gasteiger partial charge in [-0.05, 0) is 48.0 Å². The van der Waals surface area contributed by atoms with Gasteiger partial charge in [-0.25, -0.2) is 15.8 Å². The zero-order chi connectivity index (χ0) is 30.4. The number of nitrogens with two attached hydrogens (primary N) is 1. The maximum atomic E-state index is 12.5. The van der Waals surface area contributed by atoms with Crippen LogP contribution in [0.3, 0.4) is 0 Å². The van der Waals surface area contributed by atoms with Crippen molar-refractivity contribution >= 4 is 58.7 Å². The first-order valence-electron chi connectivity index (χ1n) is 13.3. The van der Waals surface area contributed by atoms with Gasteiger partial charge in [0.15, 0.2) is 0 Å². The van der Waals surface area contributed by atoms with Crippen molar-refractivity contribution in [2.75, 3.05) is 25.1 Å². The second kappa shape index (κ2) is 16.5. The molecule has 0 radical (unpaired) electrons. The van der Waals surface area contributed by atoms with Crippen molar-refractivity contribution in [3.8, 4) is 5.75 Å². The highest BCUT2D eigenvalue weighted by Gasteiger charge is 2.11. The molecule has 0 saturated heterocycles. The highest BCUT2D eigenvalue weighted by Crippen LogP contribution is 2.35. The van der Waals surface area contributed by atoms with Crippen LogP contribution in [0.25, 0.3) is 6.08 Å². The van der Waals surface area contributed by atoms with Gasteiger partial charge in [-0.3, -0.25) is 9.59 Å². The first kappa shape index (κ1) is 31.8. The van der Waals surface area contributed by atoms with Crippen LogP contribution in [0.4, 0.5) is 5.82 Å². The predicted molar refractivity (Wildman–Crippen MR) is 172 cm³/mol. The topological polar surface area (TPSA) is 131 Å². The molecular weight excluding hydrogens is 607 g/mol. The number of anilines is 1. The summed E-state index contributed by atoms with van der Waals surface area (Å²) in [6.07, 6.45) is 5.14. The van der Waals surface area contributed by atoms with Gasteiger partial charge in [0.1, 0.15) is 17.3 Å². The Balaban J connectivity index is 1.36. The van der Waals surface area contributed by atoms with Crippen molar-refractivity contribution in [1.82, 2.24) is 20.6 Å². The number of hydrazine groups is 1. The number of rotatable bonds is 14. The molecule has 0 bridgehead atoms. The van der Waals surface area contributed by atoms with E-state index in [4.69, 9.17) is 38.8 Å². The van der Waals surface area contributed by atoms with E-state index in [0.29, 0.717) is 45.2 Å². The molecule has 43 heavy (non-hydrogen) atoms. The average molecular weight is 638 g/mol. The molecule has 5 N–H and O–H groups in total. The molecule has 0 unspecified atom stereocenters. The molecule has 2 amide bonds. The van der Waals surface area contributed by atoms with Crippen molar-refractivity contribution in [3.63, 3.8) is 0 Å². The Morgan fingerprint density at radius 2 is 1.70 bits per heavy atom. The van der Waals surface area contributed by atoms with Crippen molar-refractivity contribution in [2.24, 2.45) is 5.84 Å². The van der Waals surface area contributed by atoms with Gasteiger partial charge in [0, 0.05) is 42.4 Å². The number of benzene rings is 2. The van der Waals surface area contributed by atoms with E-state index in [0.717, 1.165) is 22.6 Å². The third-order valence-electron chi connectivity index (χ3n) is 5.99. The van der Waals surface area contributed by atoms with Crippen molar-refractivity contribution in [3.05, 3.63) is 118 Å². The largest absolute Gasteiger partial charge is 0.491 e. The molecule has 4 rings (SSSR count). The highest BCUT2D eigenvalue weighted by molar-refractivity contribution is 7.98. The SMILES string of the molecule is NNc1ccc(C(=O)NCCNC(=O)C=Cc2nc(CSc3c(Cl)cccc3Cl)ccc2OCCc2ccccc2)cn1. The maximum absolute atomic E-state index is 12.5. The van der Waals surface area contributed by atoms with Gasteiger partial charge in [0.25, 0.3) is 5.91 Å². The van der Waals surface area contributed by atoms with Crippen LogP contribution in [0.5, 0.6) is 5.75 Å². The third kappa shape index (κ3) is 10.0. The number of hydrogen-bond donors (Lipinski definition) is 4.